The Hall–Kier alpha value is -2.06. The number of hydrogen-bond donors (Lipinski definition) is 4. The fraction of sp³-hybridized carbons (Fsp3) is 0.500. The molecule has 0 saturated heterocycles. The van der Waals surface area contributed by atoms with Crippen LogP contribution in [0.5, 0.6) is 0 Å². The summed E-state index contributed by atoms with van der Waals surface area (Å²) in [5.41, 5.74) is 2.91. The molecule has 0 heterocycles. The molecule has 1 atom stereocenters. The first-order valence-electron chi connectivity index (χ1n) is 8.15. The quantitative estimate of drug-likeness (QED) is 0.293. The Bertz CT molecular complexity index is 668. The Morgan fingerprint density at radius 3 is 2.31 bits per heavy atom. The molecule has 0 aliphatic rings. The summed E-state index contributed by atoms with van der Waals surface area (Å²) < 4.78 is 0. The lowest BCUT2D eigenvalue weighted by molar-refractivity contribution is -0.141. The second-order valence-corrected chi connectivity index (χ2v) is 8.19. The molecule has 0 aliphatic carbocycles. The van der Waals surface area contributed by atoms with Crippen LogP contribution in [0.4, 0.5) is 0 Å². The van der Waals surface area contributed by atoms with E-state index in [0.717, 1.165) is 5.56 Å². The Morgan fingerprint density at radius 1 is 1.15 bits per heavy atom. The number of hydrogen-bond acceptors (Lipinski definition) is 5. The summed E-state index contributed by atoms with van der Waals surface area (Å²) in [6.45, 7) is 5.90. The van der Waals surface area contributed by atoms with E-state index in [-0.39, 0.29) is 23.2 Å². The van der Waals surface area contributed by atoms with Gasteiger partial charge in [0.1, 0.15) is 0 Å². The maximum atomic E-state index is 11.5. The molecule has 0 aliphatic heterocycles. The van der Waals surface area contributed by atoms with Crippen molar-refractivity contribution in [2.24, 2.45) is 5.92 Å². The first kappa shape index (κ1) is 22.0. The Kier molecular flexibility index (Phi) is 8.10. The van der Waals surface area contributed by atoms with Gasteiger partial charge >= 0.3 is 11.9 Å². The number of carboxylic acids is 2. The minimum absolute atomic E-state index is 0.0471. The van der Waals surface area contributed by atoms with Gasteiger partial charge in [0, 0.05) is 0 Å². The van der Waals surface area contributed by atoms with Crippen molar-refractivity contribution in [2.45, 2.75) is 39.0 Å². The Labute approximate surface area is 156 Å². The van der Waals surface area contributed by atoms with E-state index in [1.165, 1.54) is 23.3 Å². The van der Waals surface area contributed by atoms with Crippen LogP contribution in [-0.2, 0) is 21.4 Å². The van der Waals surface area contributed by atoms with E-state index in [1.807, 2.05) is 26.8 Å². The number of aliphatic carboxylic acids is 1. The molecule has 0 saturated carbocycles. The fourth-order valence-electron chi connectivity index (χ4n) is 2.39. The van der Waals surface area contributed by atoms with Crippen LogP contribution in [0, 0.1) is 5.92 Å². The molecule has 0 fully saturated rings. The summed E-state index contributed by atoms with van der Waals surface area (Å²) in [5, 5.41) is 27.2. The monoisotopic (exact) mass is 383 g/mol. The van der Waals surface area contributed by atoms with E-state index in [9.17, 15) is 24.6 Å². The van der Waals surface area contributed by atoms with Gasteiger partial charge in [-0.25, -0.2) is 10.3 Å². The lowest BCUT2D eigenvalue weighted by Gasteiger charge is -2.21. The topological polar surface area (TPSA) is 124 Å². The van der Waals surface area contributed by atoms with Crippen LogP contribution in [0.3, 0.4) is 0 Å². The van der Waals surface area contributed by atoms with E-state index < -0.39 is 23.8 Å². The summed E-state index contributed by atoms with van der Waals surface area (Å²) in [7, 11) is 0. The number of carbonyl (C=O) groups is 3. The zero-order valence-corrected chi connectivity index (χ0v) is 15.9. The molecule has 4 N–H and O–H groups in total. The van der Waals surface area contributed by atoms with Crippen LogP contribution in [0.2, 0.25) is 0 Å². The first-order valence-corrected chi connectivity index (χ1v) is 9.31. The van der Waals surface area contributed by atoms with Crippen molar-refractivity contribution in [1.82, 2.24) is 5.48 Å². The van der Waals surface area contributed by atoms with Gasteiger partial charge in [0.05, 0.1) is 17.2 Å². The largest absolute Gasteiger partial charge is 0.481 e. The highest BCUT2D eigenvalue weighted by molar-refractivity contribution is 7.99. The van der Waals surface area contributed by atoms with Gasteiger partial charge in [0.25, 0.3) is 5.91 Å². The minimum Gasteiger partial charge on any atom is -0.481 e. The van der Waals surface area contributed by atoms with Crippen molar-refractivity contribution in [2.75, 3.05) is 11.5 Å². The third-order valence-corrected chi connectivity index (χ3v) is 4.90. The lowest BCUT2D eigenvalue weighted by Crippen LogP contribution is -2.22. The van der Waals surface area contributed by atoms with Crippen molar-refractivity contribution in [3.05, 3.63) is 34.9 Å². The van der Waals surface area contributed by atoms with Gasteiger partial charge < -0.3 is 10.2 Å². The van der Waals surface area contributed by atoms with Crippen LogP contribution in [0.15, 0.2) is 18.2 Å². The molecule has 26 heavy (non-hydrogen) atoms. The highest BCUT2D eigenvalue weighted by Crippen LogP contribution is 2.26. The van der Waals surface area contributed by atoms with Crippen LogP contribution < -0.4 is 5.48 Å². The number of thioether (sulfide) groups is 1. The molecule has 0 spiro atoms. The summed E-state index contributed by atoms with van der Waals surface area (Å²) in [4.78, 5) is 33.9. The van der Waals surface area contributed by atoms with E-state index in [4.69, 9.17) is 5.21 Å². The lowest BCUT2D eigenvalue weighted by atomic mass is 9.83. The normalized spacial score (nSPS) is 12.5. The van der Waals surface area contributed by atoms with Crippen molar-refractivity contribution < 1.29 is 29.8 Å². The van der Waals surface area contributed by atoms with Crippen LogP contribution in [0.1, 0.15) is 48.7 Å². The summed E-state index contributed by atoms with van der Waals surface area (Å²) in [5.74, 6) is -2.74. The number of rotatable bonds is 9. The van der Waals surface area contributed by atoms with Crippen molar-refractivity contribution >= 4 is 29.6 Å². The molecular formula is C18H25NO6S. The molecule has 8 heteroatoms. The second-order valence-electron chi connectivity index (χ2n) is 7.09. The number of carbonyl (C=O) groups excluding carboxylic acids is 1. The maximum Gasteiger partial charge on any atom is 0.335 e. The Balaban J connectivity index is 2.90. The van der Waals surface area contributed by atoms with Crippen molar-refractivity contribution in [3.63, 3.8) is 0 Å². The molecule has 1 amide bonds. The van der Waals surface area contributed by atoms with Crippen molar-refractivity contribution in [3.8, 4) is 0 Å². The summed E-state index contributed by atoms with van der Waals surface area (Å²) >= 11 is 1.23. The van der Waals surface area contributed by atoms with Crippen LogP contribution in [-0.4, -0.2) is 44.8 Å². The highest BCUT2D eigenvalue weighted by Gasteiger charge is 2.22. The van der Waals surface area contributed by atoms with Gasteiger partial charge in [-0.15, -0.1) is 0 Å². The molecule has 1 aromatic rings. The summed E-state index contributed by atoms with van der Waals surface area (Å²) in [6.07, 6.45) is 0.549. The van der Waals surface area contributed by atoms with E-state index in [2.05, 4.69) is 0 Å². The average molecular weight is 383 g/mol. The molecule has 7 nitrogen and oxygen atoms in total. The number of amides is 1. The van der Waals surface area contributed by atoms with Crippen LogP contribution in [0.25, 0.3) is 0 Å². The highest BCUT2D eigenvalue weighted by atomic mass is 32.2. The van der Waals surface area contributed by atoms with Gasteiger partial charge in [-0.2, -0.15) is 11.8 Å². The third kappa shape index (κ3) is 7.05. The smallest absolute Gasteiger partial charge is 0.335 e. The molecule has 144 valence electrons. The van der Waals surface area contributed by atoms with Gasteiger partial charge in [0.2, 0.25) is 0 Å². The molecule has 0 bridgehead atoms. The predicted octanol–water partition coefficient (Wildman–Crippen LogP) is 2.55. The average Bonchev–Trinajstić information content (AvgIpc) is 2.55. The minimum atomic E-state index is -1.05. The van der Waals surface area contributed by atoms with E-state index in [0.29, 0.717) is 17.7 Å². The van der Waals surface area contributed by atoms with E-state index in [1.54, 1.807) is 6.07 Å². The molecular weight excluding hydrogens is 358 g/mol. The molecule has 0 aromatic heterocycles. The van der Waals surface area contributed by atoms with Gasteiger partial charge in [-0.05, 0) is 47.3 Å². The third-order valence-electron chi connectivity index (χ3n) is 3.91. The molecule has 1 rings (SSSR count). The van der Waals surface area contributed by atoms with Crippen molar-refractivity contribution in [1.29, 1.82) is 0 Å². The van der Waals surface area contributed by atoms with Gasteiger partial charge in [-0.1, -0.05) is 26.8 Å². The standard InChI is InChI=1S/C18H25NO6S/c1-18(2,3)14-8-11(7-13(9-14)17(23)24)6-12(16(21)22)4-5-26-10-15(20)19-25/h7-9,12,25H,4-6,10H2,1-3H3,(H,19,20)(H,21,22)(H,23,24). The number of nitrogens with one attached hydrogen (secondary N) is 1. The summed E-state index contributed by atoms with van der Waals surface area (Å²) in [6, 6.07) is 4.99. The molecule has 0 radical (unpaired) electrons. The van der Waals surface area contributed by atoms with Gasteiger partial charge in [-0.3, -0.25) is 14.8 Å². The maximum absolute atomic E-state index is 11.5. The SMILES string of the molecule is CC(C)(C)c1cc(CC(CCSCC(=O)NO)C(=O)O)cc(C(=O)O)c1. The number of hydroxylamine groups is 1. The number of aromatic carboxylic acids is 1. The second kappa shape index (κ2) is 9.59. The molecule has 1 unspecified atom stereocenters. The predicted molar refractivity (Wildman–Crippen MR) is 98.8 cm³/mol. The van der Waals surface area contributed by atoms with E-state index >= 15 is 0 Å². The zero-order chi connectivity index (χ0) is 19.9. The number of carboxylic acid groups (broad SMARTS) is 2. The zero-order valence-electron chi connectivity index (χ0n) is 15.1. The first-order chi connectivity index (χ1) is 12.0. The number of benzene rings is 1. The fourth-order valence-corrected chi connectivity index (χ4v) is 3.23. The van der Waals surface area contributed by atoms with Crippen LogP contribution >= 0.6 is 11.8 Å². The van der Waals surface area contributed by atoms with Gasteiger partial charge in [0.15, 0.2) is 0 Å². The molecule has 1 aromatic carbocycles. The Morgan fingerprint density at radius 2 is 1.81 bits per heavy atom.